The van der Waals surface area contributed by atoms with Crippen LogP contribution in [-0.4, -0.2) is 48.0 Å². The Labute approximate surface area is 197 Å². The summed E-state index contributed by atoms with van der Waals surface area (Å²) in [5, 5.41) is 1.87. The Kier molecular flexibility index (Phi) is 5.94. The maximum Gasteiger partial charge on any atom is 0.316 e. The second-order valence-corrected chi connectivity index (χ2v) is 9.77. The molecule has 0 N–H and O–H groups in total. The number of nitrogens with zero attached hydrogens (tertiary/aromatic N) is 1. The Morgan fingerprint density at radius 1 is 1.00 bits per heavy atom. The van der Waals surface area contributed by atoms with Crippen LogP contribution < -0.4 is 0 Å². The monoisotopic (exact) mass is 459 g/mol. The van der Waals surface area contributed by atoms with Gasteiger partial charge in [0.1, 0.15) is 0 Å². The standard InChI is InChI=1S/C27H25NO4S/c1-17-6-5-13-28(14-17)24(29)15-32-25(30)16-33-23-12-11-19-18-7-2-3-8-20(18)27(31)22-10-4-9-21(23)26(19)22/h2-4,7-12,17H,5-6,13-16H2,1H3/t17-/m1/s1. The van der Waals surface area contributed by atoms with Crippen LogP contribution in [0.2, 0.25) is 0 Å². The fraction of sp³-hybridized carbons (Fsp3) is 0.296. The van der Waals surface area contributed by atoms with Gasteiger partial charge in [-0.3, -0.25) is 14.4 Å². The Bertz CT molecular complexity index is 1270. The molecule has 6 heteroatoms. The number of fused-ring (bicyclic) bond motifs is 2. The minimum absolute atomic E-state index is 0.0239. The molecule has 1 amide bonds. The number of carbonyl (C=O) groups excluding carboxylic acids is 3. The summed E-state index contributed by atoms with van der Waals surface area (Å²) in [6.45, 7) is 3.39. The summed E-state index contributed by atoms with van der Waals surface area (Å²) in [5.74, 6) is 0.0722. The second kappa shape index (κ2) is 9.02. The number of carbonyl (C=O) groups is 3. The quantitative estimate of drug-likeness (QED) is 0.312. The van der Waals surface area contributed by atoms with Crippen molar-refractivity contribution in [1.29, 1.82) is 0 Å². The maximum atomic E-state index is 13.1. The molecule has 0 spiro atoms. The number of ether oxygens (including phenoxy) is 1. The molecule has 1 aliphatic carbocycles. The average molecular weight is 460 g/mol. The predicted molar refractivity (Wildman–Crippen MR) is 129 cm³/mol. The number of hydrogen-bond acceptors (Lipinski definition) is 5. The number of likely N-dealkylation sites (tertiary alicyclic amines) is 1. The van der Waals surface area contributed by atoms with Gasteiger partial charge in [0.2, 0.25) is 0 Å². The molecule has 33 heavy (non-hydrogen) atoms. The van der Waals surface area contributed by atoms with Crippen molar-refractivity contribution < 1.29 is 19.1 Å². The zero-order valence-corrected chi connectivity index (χ0v) is 19.3. The number of esters is 1. The highest BCUT2D eigenvalue weighted by Gasteiger charge is 2.26. The SMILES string of the molecule is C[C@@H]1CCCN(C(=O)COC(=O)CSc2ccc3c4c(cccc24)C(=O)c2ccccc2-3)C1. The highest BCUT2D eigenvalue weighted by Crippen LogP contribution is 2.42. The van der Waals surface area contributed by atoms with Crippen molar-refractivity contribution in [2.24, 2.45) is 5.92 Å². The van der Waals surface area contributed by atoms with Crippen LogP contribution in [0.5, 0.6) is 0 Å². The molecular weight excluding hydrogens is 434 g/mol. The van der Waals surface area contributed by atoms with E-state index in [1.54, 1.807) is 4.90 Å². The van der Waals surface area contributed by atoms with Crippen LogP contribution in [0, 0.1) is 5.92 Å². The number of benzene rings is 3. The molecule has 0 aromatic heterocycles. The lowest BCUT2D eigenvalue weighted by atomic mass is 9.83. The van der Waals surface area contributed by atoms with Crippen molar-refractivity contribution in [3.8, 4) is 11.1 Å². The van der Waals surface area contributed by atoms with E-state index in [-0.39, 0.29) is 24.1 Å². The number of piperidine rings is 1. The van der Waals surface area contributed by atoms with Crippen molar-refractivity contribution in [2.75, 3.05) is 25.4 Å². The van der Waals surface area contributed by atoms with Gasteiger partial charge in [-0.15, -0.1) is 11.8 Å². The lowest BCUT2D eigenvalue weighted by Gasteiger charge is -2.30. The van der Waals surface area contributed by atoms with E-state index in [1.165, 1.54) is 11.8 Å². The first kappa shape index (κ1) is 21.7. The van der Waals surface area contributed by atoms with E-state index in [9.17, 15) is 14.4 Å². The van der Waals surface area contributed by atoms with Gasteiger partial charge in [-0.25, -0.2) is 0 Å². The van der Waals surface area contributed by atoms with Gasteiger partial charge in [-0.1, -0.05) is 55.5 Å². The Morgan fingerprint density at radius 3 is 2.61 bits per heavy atom. The normalized spacial score (nSPS) is 17.1. The third-order valence-corrected chi connectivity index (χ3v) is 7.47. The van der Waals surface area contributed by atoms with Gasteiger partial charge in [0.25, 0.3) is 5.91 Å². The van der Waals surface area contributed by atoms with Gasteiger partial charge in [-0.2, -0.15) is 0 Å². The zero-order valence-electron chi connectivity index (χ0n) is 18.5. The van der Waals surface area contributed by atoms with Gasteiger partial charge in [-0.05, 0) is 41.3 Å². The van der Waals surface area contributed by atoms with Crippen LogP contribution >= 0.6 is 11.8 Å². The first-order valence-electron chi connectivity index (χ1n) is 11.3. The smallest absolute Gasteiger partial charge is 0.316 e. The molecule has 5 rings (SSSR count). The minimum Gasteiger partial charge on any atom is -0.455 e. The number of ketones is 1. The van der Waals surface area contributed by atoms with E-state index < -0.39 is 5.97 Å². The molecule has 1 aliphatic heterocycles. The van der Waals surface area contributed by atoms with E-state index in [0.717, 1.165) is 52.7 Å². The third-order valence-electron chi connectivity index (χ3n) is 6.42. The van der Waals surface area contributed by atoms with Crippen LogP contribution in [0.25, 0.3) is 21.9 Å². The van der Waals surface area contributed by atoms with Gasteiger partial charge >= 0.3 is 5.97 Å². The van der Waals surface area contributed by atoms with E-state index >= 15 is 0 Å². The topological polar surface area (TPSA) is 63.7 Å². The predicted octanol–water partition coefficient (Wildman–Crippen LogP) is 4.95. The number of amides is 1. The Hall–Kier alpha value is -3.12. The number of thioether (sulfide) groups is 1. The van der Waals surface area contributed by atoms with Crippen molar-refractivity contribution in [1.82, 2.24) is 4.90 Å². The van der Waals surface area contributed by atoms with Crippen LogP contribution in [0.15, 0.2) is 59.5 Å². The fourth-order valence-corrected chi connectivity index (χ4v) is 5.65. The highest BCUT2D eigenvalue weighted by molar-refractivity contribution is 8.00. The lowest BCUT2D eigenvalue weighted by Crippen LogP contribution is -2.41. The molecule has 2 aliphatic rings. The molecule has 3 aromatic rings. The van der Waals surface area contributed by atoms with E-state index in [2.05, 4.69) is 6.92 Å². The van der Waals surface area contributed by atoms with Crippen LogP contribution in [-0.2, 0) is 14.3 Å². The van der Waals surface area contributed by atoms with Gasteiger partial charge in [0, 0.05) is 34.5 Å². The molecule has 3 aromatic carbocycles. The van der Waals surface area contributed by atoms with Crippen LogP contribution in [0.3, 0.4) is 0 Å². The summed E-state index contributed by atoms with van der Waals surface area (Å²) in [5.41, 5.74) is 3.37. The van der Waals surface area contributed by atoms with Crippen LogP contribution in [0.4, 0.5) is 0 Å². The molecule has 0 saturated carbocycles. The van der Waals surface area contributed by atoms with Crippen molar-refractivity contribution in [3.63, 3.8) is 0 Å². The molecule has 0 unspecified atom stereocenters. The summed E-state index contributed by atoms with van der Waals surface area (Å²) in [7, 11) is 0. The van der Waals surface area contributed by atoms with Crippen molar-refractivity contribution in [3.05, 3.63) is 65.7 Å². The molecule has 1 heterocycles. The molecule has 1 fully saturated rings. The lowest BCUT2D eigenvalue weighted by molar-refractivity contribution is -0.150. The van der Waals surface area contributed by atoms with E-state index in [1.807, 2.05) is 54.6 Å². The van der Waals surface area contributed by atoms with E-state index in [4.69, 9.17) is 4.74 Å². The highest BCUT2D eigenvalue weighted by atomic mass is 32.2. The molecule has 168 valence electrons. The number of rotatable bonds is 5. The third kappa shape index (κ3) is 4.15. The van der Waals surface area contributed by atoms with Crippen molar-refractivity contribution >= 4 is 40.2 Å². The molecule has 1 saturated heterocycles. The fourth-order valence-electron chi connectivity index (χ4n) is 4.81. The second-order valence-electron chi connectivity index (χ2n) is 8.75. The summed E-state index contributed by atoms with van der Waals surface area (Å²) < 4.78 is 5.26. The largest absolute Gasteiger partial charge is 0.455 e. The maximum absolute atomic E-state index is 13.1. The molecule has 1 atom stereocenters. The zero-order chi connectivity index (χ0) is 22.9. The first-order valence-corrected chi connectivity index (χ1v) is 12.3. The molecule has 0 bridgehead atoms. The number of hydrogen-bond donors (Lipinski definition) is 0. The molecule has 0 radical (unpaired) electrons. The average Bonchev–Trinajstić information content (AvgIpc) is 2.84. The van der Waals surface area contributed by atoms with Gasteiger partial charge in [0.15, 0.2) is 12.4 Å². The summed E-state index contributed by atoms with van der Waals surface area (Å²) >= 11 is 1.37. The summed E-state index contributed by atoms with van der Waals surface area (Å²) in [6, 6.07) is 17.4. The minimum atomic E-state index is -0.416. The molecule has 5 nitrogen and oxygen atoms in total. The Morgan fingerprint density at radius 2 is 1.79 bits per heavy atom. The summed E-state index contributed by atoms with van der Waals surface area (Å²) in [6.07, 6.45) is 2.13. The van der Waals surface area contributed by atoms with Crippen LogP contribution in [0.1, 0.15) is 35.7 Å². The van der Waals surface area contributed by atoms with Crippen molar-refractivity contribution in [2.45, 2.75) is 24.7 Å². The summed E-state index contributed by atoms with van der Waals surface area (Å²) in [4.78, 5) is 40.5. The van der Waals surface area contributed by atoms with Gasteiger partial charge in [0.05, 0.1) is 5.75 Å². The first-order chi connectivity index (χ1) is 16.0. The van der Waals surface area contributed by atoms with E-state index in [0.29, 0.717) is 17.0 Å². The van der Waals surface area contributed by atoms with Gasteiger partial charge < -0.3 is 9.64 Å². The Balaban J connectivity index is 1.30. The molecular formula is C27H25NO4S.